The van der Waals surface area contributed by atoms with Crippen molar-refractivity contribution >= 4 is 28.3 Å². The fourth-order valence-electron chi connectivity index (χ4n) is 2.64. The third-order valence-corrected chi connectivity index (χ3v) is 5.05. The molecule has 8 nitrogen and oxygen atoms in total. The summed E-state index contributed by atoms with van der Waals surface area (Å²) in [6.45, 7) is 2.90. The summed E-state index contributed by atoms with van der Waals surface area (Å²) in [5.74, 6) is -0.489. The van der Waals surface area contributed by atoms with E-state index in [0.717, 1.165) is 23.4 Å². The molecule has 1 aliphatic heterocycles. The highest BCUT2D eigenvalue weighted by Crippen LogP contribution is 2.28. The Hall–Kier alpha value is -2.29. The topological polar surface area (TPSA) is 93.0 Å². The van der Waals surface area contributed by atoms with Crippen LogP contribution in [0.5, 0.6) is 0 Å². The van der Waals surface area contributed by atoms with Gasteiger partial charge in [0.25, 0.3) is 0 Å². The molecule has 1 fully saturated rings. The lowest BCUT2D eigenvalue weighted by Gasteiger charge is -2.12. The Kier molecular flexibility index (Phi) is 4.89. The summed E-state index contributed by atoms with van der Waals surface area (Å²) >= 11 is 1.41. The van der Waals surface area contributed by atoms with Crippen LogP contribution in [-0.2, 0) is 29.5 Å². The molecule has 9 heteroatoms. The van der Waals surface area contributed by atoms with Crippen molar-refractivity contribution in [1.82, 2.24) is 25.3 Å². The minimum Gasteiger partial charge on any atom is -0.355 e. The van der Waals surface area contributed by atoms with Crippen LogP contribution in [0.15, 0.2) is 12.4 Å². The number of nitrogens with zero attached hydrogens (tertiary/aromatic N) is 5. The standard InChI is InChI=1S/C15H20N6O2S/c1-3-12-18-19-15(24-12)21-9-11(6-13(21)22)14(23)16-5-4-10-7-17-20(2)8-10/h7-8,11H,3-6,9H2,1-2H3,(H,16,23). The van der Waals surface area contributed by atoms with Crippen molar-refractivity contribution in [2.24, 2.45) is 13.0 Å². The second-order valence-electron chi connectivity index (χ2n) is 5.80. The van der Waals surface area contributed by atoms with Gasteiger partial charge in [-0.3, -0.25) is 19.2 Å². The number of amides is 2. The van der Waals surface area contributed by atoms with Gasteiger partial charge in [-0.25, -0.2) is 0 Å². The molecule has 1 atom stereocenters. The molecule has 0 saturated carbocycles. The number of aromatic nitrogens is 4. The summed E-state index contributed by atoms with van der Waals surface area (Å²) in [7, 11) is 1.86. The molecule has 128 valence electrons. The fraction of sp³-hybridized carbons (Fsp3) is 0.533. The van der Waals surface area contributed by atoms with Gasteiger partial charge in [0.05, 0.1) is 12.1 Å². The van der Waals surface area contributed by atoms with Crippen molar-refractivity contribution in [3.8, 4) is 0 Å². The molecular weight excluding hydrogens is 328 g/mol. The molecule has 2 amide bonds. The van der Waals surface area contributed by atoms with Gasteiger partial charge < -0.3 is 5.32 Å². The van der Waals surface area contributed by atoms with Gasteiger partial charge in [-0.15, -0.1) is 10.2 Å². The van der Waals surface area contributed by atoms with E-state index in [1.165, 1.54) is 11.3 Å². The zero-order chi connectivity index (χ0) is 17.1. The van der Waals surface area contributed by atoms with Gasteiger partial charge in [0.1, 0.15) is 5.01 Å². The average molecular weight is 348 g/mol. The Morgan fingerprint density at radius 3 is 2.96 bits per heavy atom. The summed E-state index contributed by atoms with van der Waals surface area (Å²) < 4.78 is 1.73. The molecule has 0 radical (unpaired) electrons. The molecule has 1 N–H and O–H groups in total. The van der Waals surface area contributed by atoms with Crippen molar-refractivity contribution in [2.45, 2.75) is 26.2 Å². The van der Waals surface area contributed by atoms with E-state index in [1.807, 2.05) is 20.2 Å². The summed E-state index contributed by atoms with van der Waals surface area (Å²) in [5.41, 5.74) is 1.07. The second-order valence-corrected chi connectivity index (χ2v) is 6.84. The lowest BCUT2D eigenvalue weighted by atomic mass is 10.1. The predicted molar refractivity (Wildman–Crippen MR) is 89.7 cm³/mol. The second kappa shape index (κ2) is 7.08. The smallest absolute Gasteiger partial charge is 0.229 e. The number of hydrogen-bond acceptors (Lipinski definition) is 6. The van der Waals surface area contributed by atoms with Crippen LogP contribution in [-0.4, -0.2) is 44.9 Å². The van der Waals surface area contributed by atoms with E-state index in [0.29, 0.717) is 18.2 Å². The van der Waals surface area contributed by atoms with E-state index in [-0.39, 0.29) is 24.2 Å². The molecule has 2 aromatic heterocycles. The van der Waals surface area contributed by atoms with Crippen LogP contribution in [0.4, 0.5) is 5.13 Å². The number of hydrogen-bond donors (Lipinski definition) is 1. The van der Waals surface area contributed by atoms with Gasteiger partial charge in [0, 0.05) is 32.8 Å². The monoisotopic (exact) mass is 348 g/mol. The van der Waals surface area contributed by atoms with E-state index in [4.69, 9.17) is 0 Å². The molecule has 3 rings (SSSR count). The fourth-order valence-corrected chi connectivity index (χ4v) is 3.45. The van der Waals surface area contributed by atoms with Crippen LogP contribution < -0.4 is 10.2 Å². The van der Waals surface area contributed by atoms with Crippen molar-refractivity contribution in [3.05, 3.63) is 23.0 Å². The third kappa shape index (κ3) is 3.61. The summed E-state index contributed by atoms with van der Waals surface area (Å²) in [5, 5.41) is 16.6. The Morgan fingerprint density at radius 2 is 2.29 bits per heavy atom. The molecule has 0 bridgehead atoms. The Morgan fingerprint density at radius 1 is 1.46 bits per heavy atom. The van der Waals surface area contributed by atoms with Gasteiger partial charge in [0.15, 0.2) is 0 Å². The zero-order valence-electron chi connectivity index (χ0n) is 13.7. The van der Waals surface area contributed by atoms with Crippen LogP contribution in [0.25, 0.3) is 0 Å². The quantitative estimate of drug-likeness (QED) is 0.823. The highest BCUT2D eigenvalue weighted by atomic mass is 32.1. The van der Waals surface area contributed by atoms with Gasteiger partial charge in [-0.05, 0) is 18.4 Å². The lowest BCUT2D eigenvalue weighted by Crippen LogP contribution is -2.34. The molecular formula is C15H20N6O2S. The van der Waals surface area contributed by atoms with Gasteiger partial charge in [0.2, 0.25) is 16.9 Å². The Balaban J connectivity index is 1.52. The molecule has 1 saturated heterocycles. The average Bonchev–Trinajstić information content (AvgIpc) is 3.27. The summed E-state index contributed by atoms with van der Waals surface area (Å²) in [4.78, 5) is 26.0. The van der Waals surface area contributed by atoms with Crippen molar-refractivity contribution in [3.63, 3.8) is 0 Å². The summed E-state index contributed by atoms with van der Waals surface area (Å²) in [6, 6.07) is 0. The predicted octanol–water partition coefficient (Wildman–Crippen LogP) is 0.546. The molecule has 1 unspecified atom stereocenters. The normalized spacial score (nSPS) is 17.5. The van der Waals surface area contributed by atoms with Crippen molar-refractivity contribution in [2.75, 3.05) is 18.0 Å². The Labute approximate surface area is 143 Å². The molecule has 24 heavy (non-hydrogen) atoms. The molecule has 1 aliphatic rings. The van der Waals surface area contributed by atoms with Crippen LogP contribution in [0.2, 0.25) is 0 Å². The minimum absolute atomic E-state index is 0.0683. The van der Waals surface area contributed by atoms with Gasteiger partial charge in [-0.1, -0.05) is 18.3 Å². The minimum atomic E-state index is -0.333. The number of rotatable bonds is 6. The van der Waals surface area contributed by atoms with E-state index in [1.54, 1.807) is 15.8 Å². The molecule has 3 heterocycles. The largest absolute Gasteiger partial charge is 0.355 e. The van der Waals surface area contributed by atoms with Gasteiger partial charge >= 0.3 is 0 Å². The van der Waals surface area contributed by atoms with Crippen LogP contribution in [0, 0.1) is 5.92 Å². The SMILES string of the molecule is CCc1nnc(N2CC(C(=O)NCCc3cnn(C)c3)CC2=O)s1. The molecule has 0 spiro atoms. The van der Waals surface area contributed by atoms with E-state index in [9.17, 15) is 9.59 Å². The third-order valence-electron chi connectivity index (χ3n) is 3.96. The maximum absolute atomic E-state index is 12.3. The highest BCUT2D eigenvalue weighted by molar-refractivity contribution is 7.15. The number of aryl methyl sites for hydroxylation is 2. The number of carbonyl (C=O) groups is 2. The maximum atomic E-state index is 12.3. The lowest BCUT2D eigenvalue weighted by molar-refractivity contribution is -0.126. The van der Waals surface area contributed by atoms with Crippen molar-refractivity contribution in [1.29, 1.82) is 0 Å². The first-order chi connectivity index (χ1) is 11.6. The molecule has 0 aliphatic carbocycles. The van der Waals surface area contributed by atoms with Crippen molar-refractivity contribution < 1.29 is 9.59 Å². The molecule has 0 aromatic carbocycles. The first-order valence-corrected chi connectivity index (χ1v) is 8.76. The number of anilines is 1. The van der Waals surface area contributed by atoms with E-state index in [2.05, 4.69) is 20.6 Å². The zero-order valence-corrected chi connectivity index (χ0v) is 14.5. The summed E-state index contributed by atoms with van der Waals surface area (Å²) in [6.07, 6.45) is 5.44. The first-order valence-electron chi connectivity index (χ1n) is 7.94. The first kappa shape index (κ1) is 16.6. The molecule has 2 aromatic rings. The number of carbonyl (C=O) groups excluding carboxylic acids is 2. The highest BCUT2D eigenvalue weighted by Gasteiger charge is 2.36. The van der Waals surface area contributed by atoms with E-state index < -0.39 is 0 Å². The van der Waals surface area contributed by atoms with Crippen LogP contribution >= 0.6 is 11.3 Å². The van der Waals surface area contributed by atoms with E-state index >= 15 is 0 Å². The van der Waals surface area contributed by atoms with Crippen LogP contribution in [0.1, 0.15) is 23.9 Å². The maximum Gasteiger partial charge on any atom is 0.229 e. The van der Waals surface area contributed by atoms with Gasteiger partial charge in [-0.2, -0.15) is 5.10 Å². The van der Waals surface area contributed by atoms with Crippen LogP contribution in [0.3, 0.4) is 0 Å². The Bertz CT molecular complexity index is 740. The number of nitrogens with one attached hydrogen (secondary N) is 1.